The van der Waals surface area contributed by atoms with E-state index in [9.17, 15) is 4.79 Å². The second-order valence-corrected chi connectivity index (χ2v) is 5.32. The molecule has 3 nitrogen and oxygen atoms in total. The molecule has 0 aliphatic heterocycles. The van der Waals surface area contributed by atoms with Crippen molar-refractivity contribution in [1.29, 1.82) is 0 Å². The summed E-state index contributed by atoms with van der Waals surface area (Å²) < 4.78 is 9.88. The lowest BCUT2D eigenvalue weighted by molar-refractivity contribution is 0.0597. The van der Waals surface area contributed by atoms with Gasteiger partial charge in [0.2, 0.25) is 0 Å². The fraction of sp³-hybridized carbons (Fsp3) is 0.167. The van der Waals surface area contributed by atoms with Gasteiger partial charge in [0, 0.05) is 10.5 Å². The first-order valence-corrected chi connectivity index (χ1v) is 7.66. The smallest absolute Gasteiger partial charge is 0.338 e. The highest BCUT2D eigenvalue weighted by atomic mass is 32.2. The Balaban J connectivity index is 1.99. The van der Waals surface area contributed by atoms with Crippen LogP contribution >= 0.6 is 11.8 Å². The van der Waals surface area contributed by atoms with Gasteiger partial charge in [0.15, 0.2) is 0 Å². The summed E-state index contributed by atoms with van der Waals surface area (Å²) >= 11 is 1.52. The Hall–Kier alpha value is -2.38. The maximum absolute atomic E-state index is 11.7. The molecule has 0 aromatic heterocycles. The number of rotatable bonds is 4. The van der Waals surface area contributed by atoms with Crippen molar-refractivity contribution in [1.82, 2.24) is 0 Å². The lowest BCUT2D eigenvalue weighted by atomic mass is 10.2. The lowest BCUT2D eigenvalue weighted by Gasteiger charge is -2.04. The minimum atomic E-state index is -0.328. The van der Waals surface area contributed by atoms with Crippen LogP contribution in [-0.2, 0) is 4.74 Å². The maximum atomic E-state index is 11.7. The van der Waals surface area contributed by atoms with Crippen molar-refractivity contribution in [3.8, 4) is 17.6 Å². The van der Waals surface area contributed by atoms with Gasteiger partial charge in [-0.05, 0) is 36.4 Å². The normalized spacial score (nSPS) is 9.55. The van der Waals surface area contributed by atoms with Crippen LogP contribution in [0.1, 0.15) is 15.9 Å². The zero-order valence-electron chi connectivity index (χ0n) is 12.5. The number of methoxy groups -OCH3 is 2. The summed E-state index contributed by atoms with van der Waals surface area (Å²) in [5, 5.41) is 0. The molecule has 0 bridgehead atoms. The van der Waals surface area contributed by atoms with Crippen LogP contribution in [0.15, 0.2) is 53.4 Å². The molecule has 0 radical (unpaired) electrons. The third-order valence-electron chi connectivity index (χ3n) is 2.91. The molecule has 2 aromatic carbocycles. The number of thioether (sulfide) groups is 1. The van der Waals surface area contributed by atoms with Gasteiger partial charge in [0.1, 0.15) is 5.75 Å². The second-order valence-electron chi connectivity index (χ2n) is 4.31. The van der Waals surface area contributed by atoms with Crippen LogP contribution in [0.2, 0.25) is 0 Å². The van der Waals surface area contributed by atoms with Crippen LogP contribution in [0.25, 0.3) is 0 Å². The number of hydrogen-bond donors (Lipinski definition) is 0. The Labute approximate surface area is 134 Å². The molecule has 2 aromatic rings. The third-order valence-corrected chi connectivity index (χ3v) is 3.87. The zero-order valence-corrected chi connectivity index (χ0v) is 13.3. The highest BCUT2D eigenvalue weighted by molar-refractivity contribution is 7.99. The SMILES string of the molecule is COC(=O)c1ccccc1SCC#Cc1ccc(OC)cc1. The molecule has 0 fully saturated rings. The van der Waals surface area contributed by atoms with E-state index in [1.807, 2.05) is 42.5 Å². The van der Waals surface area contributed by atoms with E-state index in [1.165, 1.54) is 18.9 Å². The van der Waals surface area contributed by atoms with Crippen LogP contribution in [-0.4, -0.2) is 25.9 Å². The monoisotopic (exact) mass is 312 g/mol. The van der Waals surface area contributed by atoms with E-state index in [1.54, 1.807) is 13.2 Å². The number of benzene rings is 2. The third kappa shape index (κ3) is 4.31. The van der Waals surface area contributed by atoms with Gasteiger partial charge in [0.25, 0.3) is 0 Å². The summed E-state index contributed by atoms with van der Waals surface area (Å²) in [5.74, 6) is 7.26. The summed E-state index contributed by atoms with van der Waals surface area (Å²) in [7, 11) is 3.02. The Morgan fingerprint density at radius 1 is 1.09 bits per heavy atom. The molecule has 0 N–H and O–H groups in total. The molecule has 0 spiro atoms. The lowest BCUT2D eigenvalue weighted by Crippen LogP contribution is -2.02. The fourth-order valence-electron chi connectivity index (χ4n) is 1.80. The first kappa shape index (κ1) is 16.0. The molecule has 112 valence electrons. The largest absolute Gasteiger partial charge is 0.497 e. The highest BCUT2D eigenvalue weighted by Gasteiger charge is 2.10. The van der Waals surface area contributed by atoms with Gasteiger partial charge < -0.3 is 9.47 Å². The number of ether oxygens (including phenoxy) is 2. The zero-order chi connectivity index (χ0) is 15.8. The molecule has 0 atom stereocenters. The van der Waals surface area contributed by atoms with Crippen LogP contribution in [0.4, 0.5) is 0 Å². The first-order chi connectivity index (χ1) is 10.7. The molecule has 22 heavy (non-hydrogen) atoms. The standard InChI is InChI=1S/C18H16O3S/c1-20-15-11-9-14(10-12-15)6-5-13-22-17-8-4-3-7-16(17)18(19)21-2/h3-4,7-12H,13H2,1-2H3. The van der Waals surface area contributed by atoms with E-state index in [2.05, 4.69) is 11.8 Å². The number of hydrogen-bond acceptors (Lipinski definition) is 4. The van der Waals surface area contributed by atoms with E-state index in [0.717, 1.165) is 16.2 Å². The van der Waals surface area contributed by atoms with Gasteiger partial charge in [-0.25, -0.2) is 4.79 Å². The molecule has 0 amide bonds. The van der Waals surface area contributed by atoms with Crippen molar-refractivity contribution >= 4 is 17.7 Å². The van der Waals surface area contributed by atoms with Crippen molar-refractivity contribution in [2.75, 3.05) is 20.0 Å². The summed E-state index contributed by atoms with van der Waals surface area (Å²) in [6, 6.07) is 15.0. The van der Waals surface area contributed by atoms with E-state index in [4.69, 9.17) is 9.47 Å². The number of carbonyl (C=O) groups is 1. The molecule has 2 rings (SSSR count). The van der Waals surface area contributed by atoms with E-state index >= 15 is 0 Å². The van der Waals surface area contributed by atoms with Gasteiger partial charge in [-0.3, -0.25) is 0 Å². The van der Waals surface area contributed by atoms with Crippen molar-refractivity contribution < 1.29 is 14.3 Å². The molecule has 0 aliphatic carbocycles. The molecule has 0 saturated heterocycles. The van der Waals surface area contributed by atoms with Gasteiger partial charge in [-0.15, -0.1) is 11.8 Å². The van der Waals surface area contributed by atoms with Crippen molar-refractivity contribution in [2.45, 2.75) is 4.90 Å². The van der Waals surface area contributed by atoms with Crippen molar-refractivity contribution in [3.05, 3.63) is 59.7 Å². The minimum absolute atomic E-state index is 0.328. The van der Waals surface area contributed by atoms with Crippen LogP contribution in [0.5, 0.6) is 5.75 Å². The van der Waals surface area contributed by atoms with Gasteiger partial charge in [-0.1, -0.05) is 24.0 Å². The molecule has 0 unspecified atom stereocenters. The van der Waals surface area contributed by atoms with Crippen molar-refractivity contribution in [2.24, 2.45) is 0 Å². The van der Waals surface area contributed by atoms with E-state index < -0.39 is 0 Å². The molecule has 0 aliphatic rings. The average molecular weight is 312 g/mol. The minimum Gasteiger partial charge on any atom is -0.497 e. The molecule has 0 saturated carbocycles. The van der Waals surface area contributed by atoms with Crippen LogP contribution in [0.3, 0.4) is 0 Å². The fourth-order valence-corrected chi connectivity index (χ4v) is 2.58. The molecular weight excluding hydrogens is 296 g/mol. The van der Waals surface area contributed by atoms with E-state index in [0.29, 0.717) is 11.3 Å². The summed E-state index contributed by atoms with van der Waals surface area (Å²) in [4.78, 5) is 12.5. The summed E-state index contributed by atoms with van der Waals surface area (Å²) in [5.41, 5.74) is 1.50. The first-order valence-electron chi connectivity index (χ1n) is 6.67. The Bertz CT molecular complexity index is 696. The topological polar surface area (TPSA) is 35.5 Å². The Morgan fingerprint density at radius 2 is 1.82 bits per heavy atom. The molecular formula is C18H16O3S. The molecule has 0 heterocycles. The predicted octanol–water partition coefficient (Wildman–Crippen LogP) is 3.63. The predicted molar refractivity (Wildman–Crippen MR) is 88.4 cm³/mol. The van der Waals surface area contributed by atoms with Gasteiger partial charge in [0.05, 0.1) is 25.5 Å². The maximum Gasteiger partial charge on any atom is 0.338 e. The van der Waals surface area contributed by atoms with Gasteiger partial charge in [-0.2, -0.15) is 0 Å². The summed E-state index contributed by atoms with van der Waals surface area (Å²) in [6.07, 6.45) is 0. The number of carbonyl (C=O) groups excluding carboxylic acids is 1. The Morgan fingerprint density at radius 3 is 2.50 bits per heavy atom. The van der Waals surface area contributed by atoms with E-state index in [-0.39, 0.29) is 5.97 Å². The second kappa shape index (κ2) is 8.16. The van der Waals surface area contributed by atoms with Crippen molar-refractivity contribution in [3.63, 3.8) is 0 Å². The van der Waals surface area contributed by atoms with Gasteiger partial charge >= 0.3 is 5.97 Å². The highest BCUT2D eigenvalue weighted by Crippen LogP contribution is 2.22. The number of esters is 1. The molecule has 4 heteroatoms. The van der Waals surface area contributed by atoms with Crippen LogP contribution < -0.4 is 4.74 Å². The Kier molecular flexibility index (Phi) is 5.93. The van der Waals surface area contributed by atoms with Crippen LogP contribution in [0, 0.1) is 11.8 Å². The summed E-state index contributed by atoms with van der Waals surface area (Å²) in [6.45, 7) is 0. The average Bonchev–Trinajstić information content (AvgIpc) is 2.59. The quantitative estimate of drug-likeness (QED) is 0.491.